The van der Waals surface area contributed by atoms with E-state index in [0.717, 1.165) is 22.7 Å². The summed E-state index contributed by atoms with van der Waals surface area (Å²) in [6.07, 6.45) is 1.82. The van der Waals surface area contributed by atoms with Gasteiger partial charge in [0.1, 0.15) is 18.0 Å². The fourth-order valence-corrected chi connectivity index (χ4v) is 4.39. The van der Waals surface area contributed by atoms with Gasteiger partial charge in [0.05, 0.1) is 26.2 Å². The minimum absolute atomic E-state index is 0.254. The number of thioether (sulfide) groups is 1. The third-order valence-corrected chi connectivity index (χ3v) is 6.50. The van der Waals surface area contributed by atoms with E-state index in [0.29, 0.717) is 18.0 Å². The summed E-state index contributed by atoms with van der Waals surface area (Å²) in [6.45, 7) is 2.17. The molecule has 0 aliphatic heterocycles. The second-order valence-electron chi connectivity index (χ2n) is 6.67. The summed E-state index contributed by atoms with van der Waals surface area (Å²) in [5.41, 5.74) is 1.47. The molecule has 9 heteroatoms. The summed E-state index contributed by atoms with van der Waals surface area (Å²) in [7, 11) is -0.787. The van der Waals surface area contributed by atoms with Crippen LogP contribution in [0.4, 0.5) is 5.69 Å². The number of anilines is 1. The minimum Gasteiger partial charge on any atom is -0.497 e. The Morgan fingerprint density at radius 1 is 1.10 bits per heavy atom. The summed E-state index contributed by atoms with van der Waals surface area (Å²) in [5.74, 6) is 1.27. The largest absolute Gasteiger partial charge is 0.497 e. The van der Waals surface area contributed by atoms with Crippen LogP contribution in [0.3, 0.4) is 0 Å². The number of nitrogens with one attached hydrogen (secondary N) is 1. The van der Waals surface area contributed by atoms with Crippen molar-refractivity contribution in [3.8, 4) is 11.5 Å². The van der Waals surface area contributed by atoms with Crippen molar-refractivity contribution in [2.75, 3.05) is 43.6 Å². The fourth-order valence-electron chi connectivity index (χ4n) is 2.68. The number of hydrogen-bond donors (Lipinski definition) is 1. The predicted molar refractivity (Wildman–Crippen MR) is 121 cm³/mol. The Balaban J connectivity index is 1.94. The number of benzene rings is 2. The highest BCUT2D eigenvalue weighted by Crippen LogP contribution is 2.33. The highest BCUT2D eigenvalue weighted by atomic mass is 32.2. The second kappa shape index (κ2) is 11.1. The van der Waals surface area contributed by atoms with Crippen LogP contribution in [0.5, 0.6) is 11.5 Å². The first-order valence-electron chi connectivity index (χ1n) is 9.40. The zero-order valence-corrected chi connectivity index (χ0v) is 19.3. The Kier molecular flexibility index (Phi) is 8.86. The number of amides is 1. The normalized spacial score (nSPS) is 11.1. The van der Waals surface area contributed by atoms with Crippen molar-refractivity contribution in [2.45, 2.75) is 18.2 Å². The van der Waals surface area contributed by atoms with Crippen molar-refractivity contribution < 1.29 is 22.7 Å². The van der Waals surface area contributed by atoms with Crippen molar-refractivity contribution in [1.82, 2.24) is 5.32 Å². The van der Waals surface area contributed by atoms with Gasteiger partial charge in [-0.3, -0.25) is 9.10 Å². The van der Waals surface area contributed by atoms with Crippen molar-refractivity contribution in [3.05, 3.63) is 48.0 Å². The molecule has 0 spiro atoms. The van der Waals surface area contributed by atoms with Crippen LogP contribution in [0.2, 0.25) is 0 Å². The Morgan fingerprint density at radius 2 is 1.80 bits per heavy atom. The first-order valence-corrected chi connectivity index (χ1v) is 12.2. The van der Waals surface area contributed by atoms with E-state index in [-0.39, 0.29) is 18.1 Å². The topological polar surface area (TPSA) is 84.9 Å². The molecule has 0 aliphatic rings. The van der Waals surface area contributed by atoms with Gasteiger partial charge in [0.15, 0.2) is 0 Å². The van der Waals surface area contributed by atoms with Crippen LogP contribution in [0, 0.1) is 6.92 Å². The first kappa shape index (κ1) is 23.9. The molecule has 0 aromatic heterocycles. The van der Waals surface area contributed by atoms with Gasteiger partial charge in [-0.25, -0.2) is 8.42 Å². The predicted octanol–water partition coefficient (Wildman–Crippen LogP) is 3.08. The van der Waals surface area contributed by atoms with E-state index in [1.165, 1.54) is 30.7 Å². The smallest absolute Gasteiger partial charge is 0.240 e. The van der Waals surface area contributed by atoms with Gasteiger partial charge in [0.25, 0.3) is 0 Å². The third kappa shape index (κ3) is 7.14. The molecule has 0 saturated carbocycles. The van der Waals surface area contributed by atoms with Gasteiger partial charge in [-0.15, -0.1) is 11.8 Å². The lowest BCUT2D eigenvalue weighted by molar-refractivity contribution is -0.119. The molecule has 30 heavy (non-hydrogen) atoms. The van der Waals surface area contributed by atoms with Gasteiger partial charge >= 0.3 is 0 Å². The van der Waals surface area contributed by atoms with Gasteiger partial charge < -0.3 is 14.8 Å². The fraction of sp³-hybridized carbons (Fsp3) is 0.381. The zero-order valence-electron chi connectivity index (χ0n) is 17.7. The Morgan fingerprint density at radius 3 is 2.40 bits per heavy atom. The average molecular weight is 453 g/mol. The second-order valence-corrected chi connectivity index (χ2v) is 9.75. The van der Waals surface area contributed by atoms with Crippen molar-refractivity contribution in [3.63, 3.8) is 0 Å². The lowest BCUT2D eigenvalue weighted by atomic mass is 10.2. The number of carbonyl (C=O) groups is 1. The van der Waals surface area contributed by atoms with Gasteiger partial charge in [-0.1, -0.05) is 17.7 Å². The average Bonchev–Trinajstić information content (AvgIpc) is 2.71. The molecule has 2 rings (SSSR count). The number of sulfonamides is 1. The van der Waals surface area contributed by atoms with E-state index in [1.54, 1.807) is 23.9 Å². The molecule has 2 aromatic carbocycles. The van der Waals surface area contributed by atoms with E-state index in [2.05, 4.69) is 29.6 Å². The molecule has 0 bridgehead atoms. The molecular weight excluding hydrogens is 424 g/mol. The molecule has 164 valence electrons. The van der Waals surface area contributed by atoms with E-state index in [1.807, 2.05) is 6.92 Å². The maximum absolute atomic E-state index is 12.4. The van der Waals surface area contributed by atoms with E-state index in [9.17, 15) is 13.2 Å². The molecule has 0 radical (unpaired) electrons. The molecule has 0 fully saturated rings. The van der Waals surface area contributed by atoms with Crippen LogP contribution >= 0.6 is 11.8 Å². The maximum atomic E-state index is 12.4. The molecule has 0 unspecified atom stereocenters. The monoisotopic (exact) mass is 452 g/mol. The summed E-state index contributed by atoms with van der Waals surface area (Å²) >= 11 is 1.72. The molecule has 0 atom stereocenters. The standard InChI is InChI=1S/C21H28N2O5S2/c1-16-6-9-18(10-7-16)29-13-5-12-22-21(24)15-23(30(4,25)26)19-14-17(27-2)8-11-20(19)28-3/h6-11,14H,5,12-13,15H2,1-4H3,(H,22,24). The van der Waals surface area contributed by atoms with Gasteiger partial charge in [-0.2, -0.15) is 0 Å². The molecule has 0 aliphatic carbocycles. The van der Waals surface area contributed by atoms with Crippen LogP contribution in [-0.2, 0) is 14.8 Å². The van der Waals surface area contributed by atoms with Crippen LogP contribution < -0.4 is 19.1 Å². The van der Waals surface area contributed by atoms with Crippen LogP contribution in [0.15, 0.2) is 47.4 Å². The lowest BCUT2D eigenvalue weighted by Gasteiger charge is -2.24. The number of methoxy groups -OCH3 is 2. The quantitative estimate of drug-likeness (QED) is 0.417. The maximum Gasteiger partial charge on any atom is 0.240 e. The summed E-state index contributed by atoms with van der Waals surface area (Å²) in [4.78, 5) is 13.6. The van der Waals surface area contributed by atoms with Crippen molar-refractivity contribution in [1.29, 1.82) is 0 Å². The van der Waals surface area contributed by atoms with E-state index >= 15 is 0 Å². The molecule has 7 nitrogen and oxygen atoms in total. The van der Waals surface area contributed by atoms with E-state index in [4.69, 9.17) is 9.47 Å². The molecule has 1 amide bonds. The lowest BCUT2D eigenvalue weighted by Crippen LogP contribution is -2.40. The summed E-state index contributed by atoms with van der Waals surface area (Å²) < 4.78 is 36.1. The Hall–Kier alpha value is -2.39. The highest BCUT2D eigenvalue weighted by molar-refractivity contribution is 7.99. The minimum atomic E-state index is -3.71. The van der Waals surface area contributed by atoms with Crippen molar-refractivity contribution in [2.24, 2.45) is 0 Å². The first-order chi connectivity index (χ1) is 14.2. The summed E-state index contributed by atoms with van der Waals surface area (Å²) in [5, 5.41) is 2.79. The van der Waals surface area contributed by atoms with Crippen LogP contribution in [-0.4, -0.2) is 53.6 Å². The molecular formula is C21H28N2O5S2. The molecule has 0 heterocycles. The van der Waals surface area contributed by atoms with Gasteiger partial charge in [-0.05, 0) is 43.4 Å². The van der Waals surface area contributed by atoms with E-state index < -0.39 is 10.0 Å². The van der Waals surface area contributed by atoms with Crippen LogP contribution in [0.25, 0.3) is 0 Å². The van der Waals surface area contributed by atoms with Crippen molar-refractivity contribution >= 4 is 33.4 Å². The molecule has 2 aromatic rings. The van der Waals surface area contributed by atoms with Gasteiger partial charge in [0, 0.05) is 17.5 Å². The zero-order chi connectivity index (χ0) is 22.1. The molecule has 0 saturated heterocycles. The van der Waals surface area contributed by atoms with Crippen LogP contribution in [0.1, 0.15) is 12.0 Å². The number of rotatable bonds is 11. The third-order valence-electron chi connectivity index (χ3n) is 4.28. The number of carbonyl (C=O) groups excluding carboxylic acids is 1. The number of aryl methyl sites for hydroxylation is 1. The SMILES string of the molecule is COc1ccc(OC)c(N(CC(=O)NCCCSc2ccc(C)cc2)S(C)(=O)=O)c1. The number of hydrogen-bond acceptors (Lipinski definition) is 6. The Bertz CT molecular complexity index is 946. The number of ether oxygens (including phenoxy) is 2. The Labute approximate surface area is 182 Å². The number of nitrogens with zero attached hydrogens (tertiary/aromatic N) is 1. The van der Waals surface area contributed by atoms with Gasteiger partial charge in [0.2, 0.25) is 15.9 Å². The summed E-state index contributed by atoms with van der Waals surface area (Å²) in [6, 6.07) is 13.1. The highest BCUT2D eigenvalue weighted by Gasteiger charge is 2.24. The molecule has 1 N–H and O–H groups in total.